The van der Waals surface area contributed by atoms with Crippen molar-refractivity contribution in [3.63, 3.8) is 0 Å². The number of aliphatic hydroxyl groups excluding tert-OH is 1. The summed E-state index contributed by atoms with van der Waals surface area (Å²) in [5, 5.41) is 30.2. The lowest BCUT2D eigenvalue weighted by molar-refractivity contribution is 0.134. The minimum absolute atomic E-state index is 0.319. The van der Waals surface area contributed by atoms with Crippen LogP contribution in [0.1, 0.15) is 35.2 Å². The van der Waals surface area contributed by atoms with E-state index in [-0.39, 0.29) is 6.10 Å². The minimum Gasteiger partial charge on any atom is -0.390 e. The Bertz CT molecular complexity index is 1140. The number of allylic oxidation sites excluding steroid dienone is 1. The number of fused-ring (bicyclic) bond motifs is 3. The second-order valence-electron chi connectivity index (χ2n) is 9.54. The third kappa shape index (κ3) is 4.32. The Morgan fingerprint density at radius 1 is 1.15 bits per heavy atom. The molecule has 0 amide bonds. The molecule has 0 aliphatic carbocycles. The fourth-order valence-corrected chi connectivity index (χ4v) is 5.63. The van der Waals surface area contributed by atoms with E-state index in [1.54, 1.807) is 6.08 Å². The van der Waals surface area contributed by atoms with Crippen molar-refractivity contribution in [2.24, 2.45) is 0 Å². The number of nitriles is 1. The van der Waals surface area contributed by atoms with Crippen LogP contribution >= 0.6 is 0 Å². The van der Waals surface area contributed by atoms with Crippen molar-refractivity contribution in [2.45, 2.75) is 31.7 Å². The maximum atomic E-state index is 10.2. The minimum atomic E-state index is -0.348. The van der Waals surface area contributed by atoms with E-state index in [1.807, 2.05) is 24.3 Å². The molecule has 0 radical (unpaired) electrons. The molecule has 0 unspecified atom stereocenters. The molecular weight excluding hydrogens is 424 g/mol. The van der Waals surface area contributed by atoms with Gasteiger partial charge in [-0.2, -0.15) is 5.26 Å². The fourth-order valence-electron chi connectivity index (χ4n) is 5.63. The largest absolute Gasteiger partial charge is 0.390 e. The summed E-state index contributed by atoms with van der Waals surface area (Å²) >= 11 is 0. The molecule has 7 heteroatoms. The maximum Gasteiger partial charge on any atom is 0.0991 e. The number of β-amino-alcohol motifs (C(OH)–C–C–N with tert-alkyl or cyclic N) is 1. The molecule has 3 heterocycles. The predicted octanol–water partition coefficient (Wildman–Crippen LogP) is 2.76. The molecule has 176 valence electrons. The quantitative estimate of drug-likeness (QED) is 0.613. The van der Waals surface area contributed by atoms with Gasteiger partial charge in [-0.1, -0.05) is 12.1 Å². The maximum absolute atomic E-state index is 10.2. The van der Waals surface area contributed by atoms with E-state index < -0.39 is 0 Å². The van der Waals surface area contributed by atoms with Crippen LogP contribution in [0, 0.1) is 16.7 Å². The van der Waals surface area contributed by atoms with Crippen LogP contribution in [0.4, 0.5) is 11.4 Å². The second kappa shape index (κ2) is 9.59. The fraction of sp³-hybridized carbons (Fsp3) is 0.407. The topological polar surface area (TPSA) is 89.6 Å². The zero-order valence-electron chi connectivity index (χ0n) is 19.6. The number of hydrogen-bond donors (Lipinski definition) is 3. The van der Waals surface area contributed by atoms with Gasteiger partial charge in [-0.15, -0.1) is 0 Å². The highest BCUT2D eigenvalue weighted by Crippen LogP contribution is 2.41. The van der Waals surface area contributed by atoms with Crippen LogP contribution in [0.2, 0.25) is 0 Å². The Morgan fingerprint density at radius 2 is 2.03 bits per heavy atom. The number of anilines is 2. The van der Waals surface area contributed by atoms with Crippen LogP contribution in [-0.4, -0.2) is 67.6 Å². The van der Waals surface area contributed by atoms with Gasteiger partial charge in [0.1, 0.15) is 0 Å². The normalized spacial score (nSPS) is 25.0. The van der Waals surface area contributed by atoms with E-state index in [4.69, 9.17) is 5.41 Å². The number of aliphatic hydroxyl groups is 1. The van der Waals surface area contributed by atoms with E-state index in [2.05, 4.69) is 51.2 Å². The molecule has 2 saturated heterocycles. The van der Waals surface area contributed by atoms with Gasteiger partial charge in [-0.05, 0) is 60.0 Å². The van der Waals surface area contributed by atoms with Crippen molar-refractivity contribution >= 4 is 23.7 Å². The summed E-state index contributed by atoms with van der Waals surface area (Å²) in [4.78, 5) is 7.31. The Morgan fingerprint density at radius 3 is 2.85 bits per heavy atom. The van der Waals surface area contributed by atoms with Gasteiger partial charge in [-0.3, -0.25) is 4.90 Å². The lowest BCUT2D eigenvalue weighted by Crippen LogP contribution is -2.51. The molecule has 2 aromatic rings. The molecule has 2 fully saturated rings. The third-order valence-electron chi connectivity index (χ3n) is 7.29. The van der Waals surface area contributed by atoms with Crippen molar-refractivity contribution in [1.82, 2.24) is 10.2 Å². The van der Waals surface area contributed by atoms with Crippen molar-refractivity contribution in [1.29, 1.82) is 10.7 Å². The van der Waals surface area contributed by atoms with Crippen LogP contribution in [0.25, 0.3) is 6.08 Å². The van der Waals surface area contributed by atoms with Gasteiger partial charge in [0, 0.05) is 69.4 Å². The van der Waals surface area contributed by atoms with Gasteiger partial charge < -0.3 is 25.6 Å². The highest BCUT2D eigenvalue weighted by atomic mass is 16.3. The van der Waals surface area contributed by atoms with Crippen molar-refractivity contribution in [3.05, 3.63) is 64.7 Å². The van der Waals surface area contributed by atoms with Gasteiger partial charge in [-0.25, -0.2) is 0 Å². The Balaban J connectivity index is 1.42. The molecule has 3 N–H and O–H groups in total. The van der Waals surface area contributed by atoms with Gasteiger partial charge in [0.05, 0.1) is 23.8 Å². The standard InChI is InChI=1S/C27H32N6O/c1-19-15-32(26-7-4-20(13-29)11-21(26)3-2-8-28)18-27-25-6-5-23(12-22(25)16-33(19)27)31-10-9-30-14-24(34)17-31/h2-8,11-12,19,24,27-28,30,34H,9-10,14-18H2,1H3/b3-2-,28-8?/t19-,24-,27-/m1/s1. The Kier molecular flexibility index (Phi) is 6.38. The highest BCUT2D eigenvalue weighted by molar-refractivity contribution is 5.80. The van der Waals surface area contributed by atoms with Crippen LogP contribution in [-0.2, 0) is 6.54 Å². The van der Waals surface area contributed by atoms with E-state index in [9.17, 15) is 10.4 Å². The van der Waals surface area contributed by atoms with E-state index in [0.717, 1.165) is 44.0 Å². The smallest absolute Gasteiger partial charge is 0.0991 e. The van der Waals surface area contributed by atoms with E-state index in [0.29, 0.717) is 30.7 Å². The van der Waals surface area contributed by atoms with Gasteiger partial charge in [0.15, 0.2) is 0 Å². The average molecular weight is 457 g/mol. The number of hydrogen-bond acceptors (Lipinski definition) is 7. The Hall–Kier alpha value is -3.18. The number of nitrogens with zero attached hydrogens (tertiary/aromatic N) is 4. The highest BCUT2D eigenvalue weighted by Gasteiger charge is 2.39. The van der Waals surface area contributed by atoms with Crippen LogP contribution < -0.4 is 15.1 Å². The molecule has 7 nitrogen and oxygen atoms in total. The summed E-state index contributed by atoms with van der Waals surface area (Å²) in [5.74, 6) is 0. The molecule has 5 rings (SSSR count). The number of nitrogens with one attached hydrogen (secondary N) is 2. The van der Waals surface area contributed by atoms with E-state index >= 15 is 0 Å². The molecule has 0 spiro atoms. The SMILES string of the molecule is C[C@@H]1CN(c2ccc(C#N)cc2/C=C\C=N)C[C@@H]2c3ccc(N4CCNC[C@@H](O)C4)cc3CN12. The molecule has 34 heavy (non-hydrogen) atoms. The number of benzene rings is 2. The monoisotopic (exact) mass is 456 g/mol. The van der Waals surface area contributed by atoms with Gasteiger partial charge >= 0.3 is 0 Å². The molecule has 3 aliphatic heterocycles. The van der Waals surface area contributed by atoms with Crippen molar-refractivity contribution in [2.75, 3.05) is 49.1 Å². The first-order valence-corrected chi connectivity index (χ1v) is 12.1. The Labute approximate surface area is 201 Å². The molecule has 0 aromatic heterocycles. The second-order valence-corrected chi connectivity index (χ2v) is 9.54. The summed E-state index contributed by atoms with van der Waals surface area (Å²) in [6.45, 7) is 8.14. The summed E-state index contributed by atoms with van der Waals surface area (Å²) in [6.07, 6.45) is 4.55. The lowest BCUT2D eigenvalue weighted by Gasteiger charge is -2.44. The third-order valence-corrected chi connectivity index (χ3v) is 7.29. The van der Waals surface area contributed by atoms with Crippen molar-refractivity contribution < 1.29 is 5.11 Å². The number of rotatable bonds is 4. The zero-order chi connectivity index (χ0) is 23.7. The van der Waals surface area contributed by atoms with Crippen LogP contribution in [0.15, 0.2) is 42.5 Å². The summed E-state index contributed by atoms with van der Waals surface area (Å²) in [7, 11) is 0. The van der Waals surface area contributed by atoms with E-state index in [1.165, 1.54) is 23.0 Å². The lowest BCUT2D eigenvalue weighted by atomic mass is 9.99. The first-order valence-electron chi connectivity index (χ1n) is 12.1. The van der Waals surface area contributed by atoms with Crippen LogP contribution in [0.5, 0.6) is 0 Å². The summed E-state index contributed by atoms with van der Waals surface area (Å²) in [6, 6.07) is 15.6. The van der Waals surface area contributed by atoms with Gasteiger partial charge in [0.25, 0.3) is 0 Å². The first-order chi connectivity index (χ1) is 16.6. The number of piperazine rings is 1. The first kappa shape index (κ1) is 22.6. The predicted molar refractivity (Wildman–Crippen MR) is 136 cm³/mol. The van der Waals surface area contributed by atoms with Crippen molar-refractivity contribution in [3.8, 4) is 6.07 Å². The molecule has 3 atom stereocenters. The molecular formula is C27H32N6O. The zero-order valence-corrected chi connectivity index (χ0v) is 19.6. The molecule has 3 aliphatic rings. The van der Waals surface area contributed by atoms with Gasteiger partial charge in [0.2, 0.25) is 0 Å². The summed E-state index contributed by atoms with van der Waals surface area (Å²) < 4.78 is 0. The summed E-state index contributed by atoms with van der Waals surface area (Å²) in [5.41, 5.74) is 6.68. The molecule has 2 aromatic carbocycles. The molecule has 0 saturated carbocycles. The van der Waals surface area contributed by atoms with Crippen LogP contribution in [0.3, 0.4) is 0 Å². The molecule has 0 bridgehead atoms. The average Bonchev–Trinajstić information content (AvgIpc) is 3.08.